The number of nitrogens with zero attached hydrogens (tertiary/aromatic N) is 1. The predicted octanol–water partition coefficient (Wildman–Crippen LogP) is 6.15. The van der Waals surface area contributed by atoms with Crippen molar-refractivity contribution < 1.29 is 26.3 Å². The molecule has 0 aromatic heterocycles. The van der Waals surface area contributed by atoms with Gasteiger partial charge in [-0.1, -0.05) is 25.1 Å². The highest BCUT2D eigenvalue weighted by Crippen LogP contribution is 2.43. The molecule has 0 atom stereocenters. The topological polar surface area (TPSA) is 62.2 Å². The zero-order valence-electron chi connectivity index (χ0n) is 16.0. The molecule has 160 valence electrons. The van der Waals surface area contributed by atoms with Gasteiger partial charge >= 0.3 is 12.4 Å². The molecule has 0 spiro atoms. The van der Waals surface area contributed by atoms with Crippen LogP contribution in [0.1, 0.15) is 34.7 Å². The van der Waals surface area contributed by atoms with Gasteiger partial charge in [0.05, 0.1) is 11.1 Å². The smallest absolute Gasteiger partial charge is 0.383 e. The van der Waals surface area contributed by atoms with Crippen LogP contribution in [0.2, 0.25) is 0 Å². The lowest BCUT2D eigenvalue weighted by atomic mass is 9.87. The molecule has 0 bridgehead atoms. The lowest BCUT2D eigenvalue weighted by molar-refractivity contribution is -0.143. The van der Waals surface area contributed by atoms with E-state index in [9.17, 15) is 26.3 Å². The Labute approximate surface area is 172 Å². The maximum atomic E-state index is 13.4. The molecule has 0 saturated carbocycles. The number of hydrogen-bond donors (Lipinski definition) is 2. The second-order valence-corrected chi connectivity index (χ2v) is 7.22. The molecule has 0 fully saturated rings. The average Bonchev–Trinajstić information content (AvgIpc) is 2.97. The molecular formula is C22H15F6N3. The van der Waals surface area contributed by atoms with E-state index in [1.165, 1.54) is 0 Å². The van der Waals surface area contributed by atoms with E-state index in [0.717, 1.165) is 5.56 Å². The fourth-order valence-electron chi connectivity index (χ4n) is 3.75. The lowest BCUT2D eigenvalue weighted by Crippen LogP contribution is -2.14. The van der Waals surface area contributed by atoms with Crippen LogP contribution in [0, 0.1) is 5.41 Å². The van der Waals surface area contributed by atoms with Gasteiger partial charge in [0.2, 0.25) is 0 Å². The predicted molar refractivity (Wildman–Crippen MR) is 106 cm³/mol. The third-order valence-corrected chi connectivity index (χ3v) is 5.23. The normalized spacial score (nSPS) is 14.2. The zero-order chi connectivity index (χ0) is 22.7. The third kappa shape index (κ3) is 3.54. The Morgan fingerprint density at radius 3 is 2.03 bits per heavy atom. The van der Waals surface area contributed by atoms with Crippen LogP contribution < -0.4 is 5.73 Å². The van der Waals surface area contributed by atoms with Crippen LogP contribution in [0.3, 0.4) is 0 Å². The molecule has 4 rings (SSSR count). The second-order valence-electron chi connectivity index (χ2n) is 7.22. The summed E-state index contributed by atoms with van der Waals surface area (Å²) in [6.45, 7) is 1.88. The van der Waals surface area contributed by atoms with E-state index < -0.39 is 23.5 Å². The van der Waals surface area contributed by atoms with Gasteiger partial charge < -0.3 is 5.73 Å². The maximum absolute atomic E-state index is 13.4. The van der Waals surface area contributed by atoms with E-state index in [2.05, 4.69) is 4.99 Å². The van der Waals surface area contributed by atoms with Crippen molar-refractivity contribution in [2.75, 3.05) is 0 Å². The van der Waals surface area contributed by atoms with Gasteiger partial charge in [0, 0.05) is 16.7 Å². The van der Waals surface area contributed by atoms with Crippen LogP contribution in [0.5, 0.6) is 0 Å². The number of hydrogen-bond acceptors (Lipinski definition) is 2. The number of fused-ring (bicyclic) bond motifs is 2. The van der Waals surface area contributed by atoms with E-state index >= 15 is 0 Å². The number of aryl methyl sites for hydroxylation is 1. The quantitative estimate of drug-likeness (QED) is 0.466. The first-order valence-corrected chi connectivity index (χ1v) is 9.23. The summed E-state index contributed by atoms with van der Waals surface area (Å²) in [6.07, 6.45) is -9.35. The number of nitrogens with one attached hydrogen (secondary N) is 1. The van der Waals surface area contributed by atoms with Gasteiger partial charge in [0.25, 0.3) is 0 Å². The number of rotatable bonds is 2. The first-order chi connectivity index (χ1) is 14.4. The van der Waals surface area contributed by atoms with E-state index in [1.807, 2.05) is 13.0 Å². The molecule has 1 aliphatic heterocycles. The molecule has 0 saturated heterocycles. The first-order valence-electron chi connectivity index (χ1n) is 9.23. The van der Waals surface area contributed by atoms with Crippen molar-refractivity contribution >= 4 is 22.4 Å². The van der Waals surface area contributed by atoms with Gasteiger partial charge in [-0.15, -0.1) is 0 Å². The first kappa shape index (κ1) is 20.9. The average molecular weight is 435 g/mol. The largest absolute Gasteiger partial charge is 0.416 e. The molecule has 0 unspecified atom stereocenters. The van der Waals surface area contributed by atoms with E-state index in [0.29, 0.717) is 29.3 Å². The van der Waals surface area contributed by atoms with Gasteiger partial charge in [0.15, 0.2) is 5.84 Å². The number of aliphatic imine (C=N–C) groups is 1. The molecule has 0 aliphatic carbocycles. The summed E-state index contributed by atoms with van der Waals surface area (Å²) in [4.78, 5) is 3.88. The summed E-state index contributed by atoms with van der Waals surface area (Å²) in [5.74, 6) is -0.317. The molecule has 1 heterocycles. The molecule has 31 heavy (non-hydrogen) atoms. The molecular weight excluding hydrogens is 420 g/mol. The number of benzene rings is 3. The van der Waals surface area contributed by atoms with Crippen molar-refractivity contribution in [2.45, 2.75) is 25.7 Å². The number of alkyl halides is 6. The van der Waals surface area contributed by atoms with E-state index in [-0.39, 0.29) is 40.0 Å². The molecule has 3 aromatic rings. The zero-order valence-corrected chi connectivity index (χ0v) is 16.0. The van der Waals surface area contributed by atoms with Crippen LogP contribution in [0.25, 0.3) is 21.9 Å². The fourth-order valence-corrected chi connectivity index (χ4v) is 3.75. The lowest BCUT2D eigenvalue weighted by Gasteiger charge is -2.18. The molecule has 0 amide bonds. The summed E-state index contributed by atoms with van der Waals surface area (Å²) >= 11 is 0. The summed E-state index contributed by atoms with van der Waals surface area (Å²) in [7, 11) is 0. The Morgan fingerprint density at radius 2 is 1.48 bits per heavy atom. The summed E-state index contributed by atoms with van der Waals surface area (Å²) < 4.78 is 80.7. The second kappa shape index (κ2) is 6.83. The standard InChI is InChI=1S/C22H15F6N3/c1-2-10-3-4-11-8-16-18(20(30)31-19(16)29)17(15(11)5-10)12-6-13(21(23,24)25)9-14(7-12)22(26,27)28/h3-9H,2H2,1H3,(H3,29,30,31). The molecule has 9 heteroatoms. The van der Waals surface area contributed by atoms with Gasteiger partial charge in [-0.3, -0.25) is 5.41 Å². The van der Waals surface area contributed by atoms with Crippen molar-refractivity contribution in [3.8, 4) is 11.1 Å². The minimum atomic E-state index is -4.98. The Balaban J connectivity index is 2.16. The van der Waals surface area contributed by atoms with Crippen molar-refractivity contribution in [3.05, 3.63) is 70.3 Å². The van der Waals surface area contributed by atoms with Gasteiger partial charge in [-0.05, 0) is 52.6 Å². The Hall–Kier alpha value is -3.36. The van der Waals surface area contributed by atoms with E-state index in [1.54, 1.807) is 18.2 Å². The maximum Gasteiger partial charge on any atom is 0.416 e. The minimum absolute atomic E-state index is 0.0891. The highest BCUT2D eigenvalue weighted by molar-refractivity contribution is 6.27. The monoisotopic (exact) mass is 435 g/mol. The summed E-state index contributed by atoms with van der Waals surface area (Å²) in [5, 5.41) is 9.03. The van der Waals surface area contributed by atoms with Crippen molar-refractivity contribution in [1.82, 2.24) is 0 Å². The van der Waals surface area contributed by atoms with Crippen molar-refractivity contribution in [1.29, 1.82) is 5.41 Å². The summed E-state index contributed by atoms with van der Waals surface area (Å²) in [5.41, 5.74) is 4.20. The van der Waals surface area contributed by atoms with Crippen LogP contribution >= 0.6 is 0 Å². The molecule has 3 aromatic carbocycles. The number of halogens is 6. The molecule has 3 nitrogen and oxygen atoms in total. The number of amidine groups is 2. The molecule has 1 aliphatic rings. The van der Waals surface area contributed by atoms with E-state index in [4.69, 9.17) is 11.1 Å². The number of nitrogens with two attached hydrogens (primary N) is 1. The minimum Gasteiger partial charge on any atom is -0.383 e. The van der Waals surface area contributed by atoms with Crippen molar-refractivity contribution in [3.63, 3.8) is 0 Å². The third-order valence-electron chi connectivity index (χ3n) is 5.23. The van der Waals surface area contributed by atoms with Crippen LogP contribution in [0.15, 0.2) is 47.5 Å². The van der Waals surface area contributed by atoms with Crippen molar-refractivity contribution in [2.24, 2.45) is 10.7 Å². The van der Waals surface area contributed by atoms with Crippen LogP contribution in [-0.4, -0.2) is 11.7 Å². The van der Waals surface area contributed by atoms with Crippen LogP contribution in [0.4, 0.5) is 26.3 Å². The summed E-state index contributed by atoms with van der Waals surface area (Å²) in [6, 6.07) is 8.32. The fraction of sp³-hybridized carbons (Fsp3) is 0.182. The van der Waals surface area contributed by atoms with Gasteiger partial charge in [-0.2, -0.15) is 26.3 Å². The van der Waals surface area contributed by atoms with Gasteiger partial charge in [-0.25, -0.2) is 4.99 Å². The Kier molecular flexibility index (Phi) is 4.60. The van der Waals surface area contributed by atoms with Crippen LogP contribution in [-0.2, 0) is 18.8 Å². The SMILES string of the molecule is CCc1ccc2cc3c(c(-c4cc(C(F)(F)F)cc(C(F)(F)F)c4)c2c1)C(N)=NC3=N. The molecule has 3 N–H and O–H groups in total. The Morgan fingerprint density at radius 1 is 0.871 bits per heavy atom. The van der Waals surface area contributed by atoms with Gasteiger partial charge in [0.1, 0.15) is 5.84 Å². The highest BCUT2D eigenvalue weighted by Gasteiger charge is 2.38. The Bertz CT molecular complexity index is 1240. The molecule has 0 radical (unpaired) electrons. The highest BCUT2D eigenvalue weighted by atomic mass is 19.4.